The van der Waals surface area contributed by atoms with Crippen molar-refractivity contribution < 1.29 is 0 Å². The van der Waals surface area contributed by atoms with Crippen LogP contribution in [0.2, 0.25) is 0 Å². The van der Waals surface area contributed by atoms with Crippen LogP contribution in [0.3, 0.4) is 0 Å². The highest BCUT2D eigenvalue weighted by atomic mass is 15.1. The summed E-state index contributed by atoms with van der Waals surface area (Å²) in [6.07, 6.45) is 1.79. The van der Waals surface area contributed by atoms with Crippen LogP contribution in [0, 0.1) is 17.2 Å². The normalized spacial score (nSPS) is 13.9. The van der Waals surface area contributed by atoms with Crippen LogP contribution in [0.15, 0.2) is 18.3 Å². The van der Waals surface area contributed by atoms with Crippen LogP contribution in [0.25, 0.3) is 0 Å². The van der Waals surface area contributed by atoms with Crippen LogP contribution in [0.5, 0.6) is 0 Å². The minimum atomic E-state index is -0.0441. The van der Waals surface area contributed by atoms with Crippen molar-refractivity contribution in [2.75, 3.05) is 18.5 Å². The number of aromatic nitrogens is 1. The van der Waals surface area contributed by atoms with Gasteiger partial charge in [0.1, 0.15) is 0 Å². The third-order valence-corrected chi connectivity index (χ3v) is 2.45. The fourth-order valence-electron chi connectivity index (χ4n) is 1.45. The summed E-state index contributed by atoms with van der Waals surface area (Å²) >= 11 is 0. The lowest BCUT2D eigenvalue weighted by Gasteiger charge is -2.20. The fraction of sp³-hybridized carbons (Fsp3) is 0.500. The predicted molar refractivity (Wildman–Crippen MR) is 64.9 cm³/mol. The summed E-state index contributed by atoms with van der Waals surface area (Å²) in [5.74, 6) is 0.0121. The van der Waals surface area contributed by atoms with Crippen molar-refractivity contribution in [3.8, 4) is 6.07 Å². The monoisotopic (exact) mass is 218 g/mol. The maximum atomic E-state index is 8.74. The van der Waals surface area contributed by atoms with Gasteiger partial charge in [0.15, 0.2) is 0 Å². The van der Waals surface area contributed by atoms with E-state index in [2.05, 4.69) is 11.1 Å². The topological polar surface area (TPSA) is 65.9 Å². The Kier molecular flexibility index (Phi) is 4.27. The first kappa shape index (κ1) is 12.5. The lowest BCUT2D eigenvalue weighted by Crippen LogP contribution is -2.23. The number of nitriles is 1. The predicted octanol–water partition coefficient (Wildman–Crippen LogP) is 1.70. The van der Waals surface area contributed by atoms with E-state index in [1.165, 1.54) is 0 Å². The van der Waals surface area contributed by atoms with Crippen molar-refractivity contribution in [1.29, 1.82) is 5.26 Å². The van der Waals surface area contributed by atoms with Gasteiger partial charge in [0.05, 0.1) is 29.6 Å². The summed E-state index contributed by atoms with van der Waals surface area (Å²) in [4.78, 5) is 6.30. The Morgan fingerprint density at radius 3 is 2.62 bits per heavy atom. The number of hydrogen-bond donors (Lipinski definition) is 1. The molecule has 0 aliphatic rings. The summed E-state index contributed by atoms with van der Waals surface area (Å²) in [6, 6.07) is 6.08. The van der Waals surface area contributed by atoms with E-state index in [0.29, 0.717) is 6.54 Å². The van der Waals surface area contributed by atoms with Gasteiger partial charge < -0.3 is 10.6 Å². The first-order valence-electron chi connectivity index (χ1n) is 5.37. The van der Waals surface area contributed by atoms with E-state index in [-0.39, 0.29) is 12.0 Å². The Hall–Kier alpha value is -1.60. The molecule has 0 aromatic carbocycles. The maximum Gasteiger partial charge on any atom is 0.0671 e. The zero-order valence-electron chi connectivity index (χ0n) is 10.0. The van der Waals surface area contributed by atoms with Crippen LogP contribution in [0.4, 0.5) is 5.69 Å². The number of nitrogens with zero attached hydrogens (tertiary/aromatic N) is 3. The molecular formula is C12H18N4. The molecule has 4 nitrogen and oxygen atoms in total. The molecule has 2 N–H and O–H groups in total. The van der Waals surface area contributed by atoms with Gasteiger partial charge in [-0.3, -0.25) is 4.98 Å². The molecular weight excluding hydrogens is 200 g/mol. The van der Waals surface area contributed by atoms with Gasteiger partial charge >= 0.3 is 0 Å². The Bertz CT molecular complexity index is 364. The quantitative estimate of drug-likeness (QED) is 0.835. The zero-order chi connectivity index (χ0) is 12.1. The molecule has 0 spiro atoms. The highest BCUT2D eigenvalue weighted by Crippen LogP contribution is 2.15. The van der Waals surface area contributed by atoms with Gasteiger partial charge in [-0.2, -0.15) is 5.26 Å². The average molecular weight is 218 g/mol. The minimum Gasteiger partial charge on any atom is -0.372 e. The molecule has 16 heavy (non-hydrogen) atoms. The van der Waals surface area contributed by atoms with Crippen molar-refractivity contribution in [3.05, 3.63) is 24.0 Å². The molecule has 1 rings (SSSR count). The highest BCUT2D eigenvalue weighted by Gasteiger charge is 2.07. The average Bonchev–Trinajstić information content (AvgIpc) is 2.28. The molecule has 1 aromatic heterocycles. The minimum absolute atomic E-state index is 0.0121. The zero-order valence-corrected chi connectivity index (χ0v) is 10.0. The molecule has 0 fully saturated rings. The van der Waals surface area contributed by atoms with Gasteiger partial charge in [0.25, 0.3) is 0 Å². The van der Waals surface area contributed by atoms with Gasteiger partial charge in [-0.25, -0.2) is 0 Å². The Labute approximate surface area is 96.7 Å². The third kappa shape index (κ3) is 3.21. The highest BCUT2D eigenvalue weighted by molar-refractivity contribution is 5.44. The smallest absolute Gasteiger partial charge is 0.0671 e. The molecule has 2 atom stereocenters. The summed E-state index contributed by atoms with van der Waals surface area (Å²) in [5, 5.41) is 8.74. The lowest BCUT2D eigenvalue weighted by atomic mass is 10.2. The second-order valence-electron chi connectivity index (χ2n) is 4.14. The molecule has 1 heterocycles. The number of rotatable bonds is 4. The molecule has 0 amide bonds. The number of anilines is 1. The molecule has 1 aromatic rings. The maximum absolute atomic E-state index is 8.74. The number of hydrogen-bond acceptors (Lipinski definition) is 4. The summed E-state index contributed by atoms with van der Waals surface area (Å²) in [6.45, 7) is 4.51. The van der Waals surface area contributed by atoms with Crippen molar-refractivity contribution in [3.63, 3.8) is 0 Å². The van der Waals surface area contributed by atoms with E-state index in [0.717, 1.165) is 11.4 Å². The standard InChI is InChI=1S/C12H18N4/c1-9(6-13)8-16(3)11-4-5-12(10(2)14)15-7-11/h4-5,7,9-10H,8,14H2,1-3H3/t9?,10-/m0/s1. The van der Waals surface area contributed by atoms with Crippen molar-refractivity contribution >= 4 is 5.69 Å². The van der Waals surface area contributed by atoms with Crippen molar-refractivity contribution in [2.24, 2.45) is 11.7 Å². The van der Waals surface area contributed by atoms with E-state index in [1.54, 1.807) is 6.20 Å². The van der Waals surface area contributed by atoms with Gasteiger partial charge in [-0.15, -0.1) is 0 Å². The first-order chi connectivity index (χ1) is 7.54. The molecule has 0 radical (unpaired) electrons. The van der Waals surface area contributed by atoms with Crippen LogP contribution in [-0.2, 0) is 0 Å². The summed E-state index contributed by atoms with van der Waals surface area (Å²) in [5.41, 5.74) is 7.61. The van der Waals surface area contributed by atoms with Gasteiger partial charge in [0, 0.05) is 19.6 Å². The molecule has 4 heteroatoms. The number of nitrogens with two attached hydrogens (primary N) is 1. The van der Waals surface area contributed by atoms with E-state index < -0.39 is 0 Å². The second kappa shape index (κ2) is 5.47. The van der Waals surface area contributed by atoms with Gasteiger partial charge in [-0.1, -0.05) is 0 Å². The first-order valence-corrected chi connectivity index (χ1v) is 5.37. The summed E-state index contributed by atoms with van der Waals surface area (Å²) in [7, 11) is 1.95. The largest absolute Gasteiger partial charge is 0.372 e. The SMILES string of the molecule is CC(C#N)CN(C)c1ccc([C@H](C)N)nc1. The van der Waals surface area contributed by atoms with E-state index >= 15 is 0 Å². The van der Waals surface area contributed by atoms with Crippen LogP contribution in [-0.4, -0.2) is 18.6 Å². The van der Waals surface area contributed by atoms with Crippen LogP contribution >= 0.6 is 0 Å². The summed E-state index contributed by atoms with van der Waals surface area (Å²) < 4.78 is 0. The van der Waals surface area contributed by atoms with E-state index in [1.807, 2.05) is 37.9 Å². The number of pyridine rings is 1. The van der Waals surface area contributed by atoms with Crippen LogP contribution in [0.1, 0.15) is 25.6 Å². The molecule has 0 aliphatic carbocycles. The molecule has 1 unspecified atom stereocenters. The third-order valence-electron chi connectivity index (χ3n) is 2.45. The van der Waals surface area contributed by atoms with Gasteiger partial charge in [0.2, 0.25) is 0 Å². The van der Waals surface area contributed by atoms with E-state index in [4.69, 9.17) is 11.0 Å². The fourth-order valence-corrected chi connectivity index (χ4v) is 1.45. The van der Waals surface area contributed by atoms with Crippen molar-refractivity contribution in [1.82, 2.24) is 4.98 Å². The molecule has 0 bridgehead atoms. The van der Waals surface area contributed by atoms with Crippen molar-refractivity contribution in [2.45, 2.75) is 19.9 Å². The molecule has 0 aliphatic heterocycles. The second-order valence-corrected chi connectivity index (χ2v) is 4.14. The lowest BCUT2D eigenvalue weighted by molar-refractivity contribution is 0.713. The Morgan fingerprint density at radius 1 is 1.50 bits per heavy atom. The Morgan fingerprint density at radius 2 is 2.19 bits per heavy atom. The molecule has 0 saturated carbocycles. The molecule has 86 valence electrons. The van der Waals surface area contributed by atoms with E-state index in [9.17, 15) is 0 Å². The van der Waals surface area contributed by atoms with Gasteiger partial charge in [-0.05, 0) is 26.0 Å². The Balaban J connectivity index is 2.71. The molecule has 0 saturated heterocycles. The van der Waals surface area contributed by atoms with Crippen LogP contribution < -0.4 is 10.6 Å².